The molecule has 0 saturated heterocycles. The fourth-order valence-electron chi connectivity index (χ4n) is 1.49. The van der Waals surface area contributed by atoms with E-state index in [-0.39, 0.29) is 31.0 Å². The number of ether oxygens (including phenoxy) is 1. The van der Waals surface area contributed by atoms with Crippen molar-refractivity contribution < 1.29 is 28.2 Å². The minimum atomic E-state index is -2.88. The number of halogens is 2. The van der Waals surface area contributed by atoms with Crippen molar-refractivity contribution in [2.75, 3.05) is 13.6 Å². The van der Waals surface area contributed by atoms with Crippen molar-refractivity contribution in [1.29, 1.82) is 0 Å². The average Bonchev–Trinajstić information content (AvgIpc) is 2.37. The van der Waals surface area contributed by atoms with Crippen molar-refractivity contribution in [3.8, 4) is 5.75 Å². The van der Waals surface area contributed by atoms with Crippen LogP contribution in [0.15, 0.2) is 24.3 Å². The Hall–Kier alpha value is -2.18. The summed E-state index contributed by atoms with van der Waals surface area (Å²) in [5.74, 6) is -1.19. The molecular formula is C13H15F2NO4. The molecule has 0 spiro atoms. The van der Waals surface area contributed by atoms with Gasteiger partial charge in [-0.15, -0.1) is 0 Å². The minimum absolute atomic E-state index is 0.0235. The van der Waals surface area contributed by atoms with E-state index in [9.17, 15) is 18.4 Å². The van der Waals surface area contributed by atoms with Gasteiger partial charge in [0.05, 0.1) is 12.8 Å². The number of carbonyl (C=O) groups is 2. The molecule has 0 fully saturated rings. The number of benzene rings is 1. The summed E-state index contributed by atoms with van der Waals surface area (Å²) in [5, 5.41) is 8.52. The summed E-state index contributed by atoms with van der Waals surface area (Å²) < 4.78 is 28.1. The summed E-state index contributed by atoms with van der Waals surface area (Å²) in [6.07, 6.45) is -0.0471. The van der Waals surface area contributed by atoms with E-state index in [0.717, 1.165) is 0 Å². The van der Waals surface area contributed by atoms with E-state index in [2.05, 4.69) is 4.74 Å². The first-order chi connectivity index (χ1) is 9.38. The van der Waals surface area contributed by atoms with E-state index in [1.54, 1.807) is 0 Å². The Kier molecular flexibility index (Phi) is 5.89. The Balaban J connectivity index is 2.51. The number of likely N-dealkylation sites (N-methyl/N-ethyl adjacent to an activating group) is 1. The first kappa shape index (κ1) is 15.9. The molecule has 0 bridgehead atoms. The quantitative estimate of drug-likeness (QED) is 0.830. The molecule has 0 aliphatic carbocycles. The second-order valence-corrected chi connectivity index (χ2v) is 4.16. The van der Waals surface area contributed by atoms with Gasteiger partial charge in [0, 0.05) is 13.6 Å². The average molecular weight is 287 g/mol. The van der Waals surface area contributed by atoms with Crippen LogP contribution in [0.3, 0.4) is 0 Å². The van der Waals surface area contributed by atoms with E-state index in [0.29, 0.717) is 5.56 Å². The lowest BCUT2D eigenvalue weighted by Crippen LogP contribution is -2.30. The molecule has 20 heavy (non-hydrogen) atoms. The maximum atomic E-state index is 12.0. The number of carboxylic acid groups (broad SMARTS) is 1. The van der Waals surface area contributed by atoms with Gasteiger partial charge in [-0.1, -0.05) is 12.1 Å². The van der Waals surface area contributed by atoms with Crippen LogP contribution in [0.2, 0.25) is 0 Å². The number of carboxylic acids is 1. The summed E-state index contributed by atoms with van der Waals surface area (Å²) in [6, 6.07) is 5.74. The Morgan fingerprint density at radius 3 is 2.40 bits per heavy atom. The van der Waals surface area contributed by atoms with E-state index in [1.165, 1.54) is 36.2 Å². The molecule has 0 aliphatic rings. The molecular weight excluding hydrogens is 272 g/mol. The third-order valence-electron chi connectivity index (χ3n) is 2.59. The third-order valence-corrected chi connectivity index (χ3v) is 2.59. The number of amides is 1. The predicted octanol–water partition coefficient (Wildman–Crippen LogP) is 1.76. The fraction of sp³-hybridized carbons (Fsp3) is 0.385. The Labute approximate surface area is 114 Å². The van der Waals surface area contributed by atoms with Crippen molar-refractivity contribution in [2.24, 2.45) is 0 Å². The Morgan fingerprint density at radius 2 is 1.90 bits per heavy atom. The minimum Gasteiger partial charge on any atom is -0.481 e. The first-order valence-corrected chi connectivity index (χ1v) is 5.88. The van der Waals surface area contributed by atoms with Gasteiger partial charge in [0.1, 0.15) is 5.75 Å². The second kappa shape index (κ2) is 7.42. The van der Waals surface area contributed by atoms with Crippen LogP contribution in [0.1, 0.15) is 12.0 Å². The summed E-state index contributed by atoms with van der Waals surface area (Å²) in [7, 11) is 1.51. The maximum Gasteiger partial charge on any atom is 0.387 e. The number of hydrogen-bond donors (Lipinski definition) is 1. The van der Waals surface area contributed by atoms with Gasteiger partial charge < -0.3 is 14.7 Å². The van der Waals surface area contributed by atoms with Gasteiger partial charge in [0.15, 0.2) is 0 Å². The van der Waals surface area contributed by atoms with Gasteiger partial charge in [-0.25, -0.2) is 0 Å². The highest BCUT2D eigenvalue weighted by Gasteiger charge is 2.11. The normalized spacial score (nSPS) is 10.4. The Bertz CT molecular complexity index is 462. The lowest BCUT2D eigenvalue weighted by atomic mass is 10.1. The highest BCUT2D eigenvalue weighted by Crippen LogP contribution is 2.15. The van der Waals surface area contributed by atoms with Gasteiger partial charge in [0.25, 0.3) is 0 Å². The Morgan fingerprint density at radius 1 is 1.30 bits per heavy atom. The molecule has 0 aromatic heterocycles. The van der Waals surface area contributed by atoms with Crippen LogP contribution >= 0.6 is 0 Å². The zero-order valence-electron chi connectivity index (χ0n) is 10.9. The van der Waals surface area contributed by atoms with Crippen molar-refractivity contribution >= 4 is 11.9 Å². The van der Waals surface area contributed by atoms with Crippen LogP contribution < -0.4 is 4.74 Å². The summed E-state index contributed by atoms with van der Waals surface area (Å²) in [5.41, 5.74) is 0.638. The highest BCUT2D eigenvalue weighted by molar-refractivity contribution is 5.79. The second-order valence-electron chi connectivity index (χ2n) is 4.16. The lowest BCUT2D eigenvalue weighted by molar-refractivity contribution is -0.138. The summed E-state index contributed by atoms with van der Waals surface area (Å²) in [4.78, 5) is 23.5. The van der Waals surface area contributed by atoms with Gasteiger partial charge in [-0.3, -0.25) is 9.59 Å². The molecule has 1 rings (SSSR count). The first-order valence-electron chi connectivity index (χ1n) is 5.88. The number of rotatable bonds is 7. The number of nitrogens with zero attached hydrogens (tertiary/aromatic N) is 1. The van der Waals surface area contributed by atoms with E-state index in [4.69, 9.17) is 5.11 Å². The molecule has 1 N–H and O–H groups in total. The molecule has 0 unspecified atom stereocenters. The molecule has 110 valence electrons. The monoisotopic (exact) mass is 287 g/mol. The van der Waals surface area contributed by atoms with Crippen LogP contribution in [0.5, 0.6) is 5.75 Å². The topological polar surface area (TPSA) is 66.8 Å². The smallest absolute Gasteiger partial charge is 0.387 e. The molecule has 0 radical (unpaired) electrons. The van der Waals surface area contributed by atoms with Gasteiger partial charge in [-0.2, -0.15) is 8.78 Å². The summed E-state index contributed by atoms with van der Waals surface area (Å²) >= 11 is 0. The molecule has 5 nitrogen and oxygen atoms in total. The molecule has 1 aromatic carbocycles. The van der Waals surface area contributed by atoms with E-state index < -0.39 is 12.6 Å². The van der Waals surface area contributed by atoms with Crippen LogP contribution in [0.4, 0.5) is 8.78 Å². The molecule has 1 aromatic rings. The van der Waals surface area contributed by atoms with E-state index >= 15 is 0 Å². The molecule has 0 aliphatic heterocycles. The van der Waals surface area contributed by atoms with Crippen molar-refractivity contribution in [3.05, 3.63) is 29.8 Å². The predicted molar refractivity (Wildman–Crippen MR) is 66.7 cm³/mol. The molecule has 0 atom stereocenters. The SMILES string of the molecule is CN(CCC(=O)O)C(=O)Cc1ccc(OC(F)F)cc1. The zero-order chi connectivity index (χ0) is 15.1. The van der Waals surface area contributed by atoms with Crippen molar-refractivity contribution in [1.82, 2.24) is 4.90 Å². The highest BCUT2D eigenvalue weighted by atomic mass is 19.3. The van der Waals surface area contributed by atoms with Gasteiger partial charge in [-0.05, 0) is 17.7 Å². The van der Waals surface area contributed by atoms with Gasteiger partial charge >= 0.3 is 12.6 Å². The third kappa shape index (κ3) is 5.64. The summed E-state index contributed by atoms with van der Waals surface area (Å²) in [6.45, 7) is -2.76. The maximum absolute atomic E-state index is 12.0. The van der Waals surface area contributed by atoms with E-state index in [1.807, 2.05) is 0 Å². The number of hydrogen-bond acceptors (Lipinski definition) is 3. The number of alkyl halides is 2. The van der Waals surface area contributed by atoms with Crippen LogP contribution in [-0.4, -0.2) is 42.1 Å². The largest absolute Gasteiger partial charge is 0.481 e. The van der Waals surface area contributed by atoms with Crippen LogP contribution in [0, 0.1) is 0 Å². The fourth-order valence-corrected chi connectivity index (χ4v) is 1.49. The number of carbonyl (C=O) groups excluding carboxylic acids is 1. The zero-order valence-corrected chi connectivity index (χ0v) is 10.9. The van der Waals surface area contributed by atoms with Crippen LogP contribution in [-0.2, 0) is 16.0 Å². The van der Waals surface area contributed by atoms with Crippen LogP contribution in [0.25, 0.3) is 0 Å². The molecule has 0 heterocycles. The molecule has 0 saturated carbocycles. The van der Waals surface area contributed by atoms with Gasteiger partial charge in [0.2, 0.25) is 5.91 Å². The van der Waals surface area contributed by atoms with Crippen molar-refractivity contribution in [3.63, 3.8) is 0 Å². The molecule has 1 amide bonds. The standard InChI is InChI=1S/C13H15F2NO4/c1-16(7-6-12(18)19)11(17)8-9-2-4-10(5-3-9)20-13(14)15/h2-5,13H,6-8H2,1H3,(H,18,19). The molecule has 7 heteroatoms. The lowest BCUT2D eigenvalue weighted by Gasteiger charge is -2.16. The number of aliphatic carboxylic acids is 1. The van der Waals surface area contributed by atoms with Crippen molar-refractivity contribution in [2.45, 2.75) is 19.5 Å².